The first-order valence-corrected chi connectivity index (χ1v) is 10.4. The topological polar surface area (TPSA) is 76.3 Å². The summed E-state index contributed by atoms with van der Waals surface area (Å²) in [5.41, 5.74) is 3.86. The van der Waals surface area contributed by atoms with Crippen molar-refractivity contribution < 1.29 is 24.1 Å². The van der Waals surface area contributed by atoms with Gasteiger partial charge in [-0.25, -0.2) is 0 Å². The third kappa shape index (κ3) is 6.30. The van der Waals surface area contributed by atoms with E-state index in [9.17, 15) is 9.59 Å². The molecule has 0 atom stereocenters. The molecule has 2 amide bonds. The number of carbonyl (C=O) groups is 2. The largest absolute Gasteiger partial charge is 0.495 e. The number of quaternary nitrogens is 2. The number of carbonyl (C=O) groups excluding carboxylic acids is 2. The number of benzene rings is 2. The van der Waals surface area contributed by atoms with Gasteiger partial charge < -0.3 is 25.2 Å². The van der Waals surface area contributed by atoms with Gasteiger partial charge in [0.1, 0.15) is 38.5 Å². The first-order chi connectivity index (χ1) is 14.4. The van der Waals surface area contributed by atoms with E-state index >= 15 is 0 Å². The quantitative estimate of drug-likeness (QED) is 0.512. The molecule has 160 valence electrons. The summed E-state index contributed by atoms with van der Waals surface area (Å²) < 4.78 is 5.34. The number of rotatable bonds is 7. The van der Waals surface area contributed by atoms with Crippen LogP contribution in [0.5, 0.6) is 5.75 Å². The first kappa shape index (κ1) is 21.8. The Morgan fingerprint density at radius 2 is 1.73 bits per heavy atom. The van der Waals surface area contributed by atoms with Crippen LogP contribution in [0, 0.1) is 6.92 Å². The molecule has 7 heteroatoms. The second kappa shape index (κ2) is 10.2. The highest BCUT2D eigenvalue weighted by Gasteiger charge is 2.25. The molecule has 0 unspecified atom stereocenters. The Hall–Kier alpha value is -2.90. The lowest BCUT2D eigenvalue weighted by Crippen LogP contribution is -3.28. The monoisotopic (exact) mass is 412 g/mol. The van der Waals surface area contributed by atoms with Crippen molar-refractivity contribution in [3.63, 3.8) is 0 Å². The van der Waals surface area contributed by atoms with E-state index in [0.717, 1.165) is 32.7 Å². The number of aryl methyl sites for hydroxylation is 1. The Kier molecular flexibility index (Phi) is 7.43. The van der Waals surface area contributed by atoms with Crippen LogP contribution in [-0.4, -0.2) is 51.6 Å². The van der Waals surface area contributed by atoms with Crippen LogP contribution in [-0.2, 0) is 16.1 Å². The van der Waals surface area contributed by atoms with Crippen LogP contribution in [0.1, 0.15) is 18.1 Å². The minimum absolute atomic E-state index is 0.0505. The van der Waals surface area contributed by atoms with E-state index in [2.05, 4.69) is 41.8 Å². The van der Waals surface area contributed by atoms with Crippen LogP contribution in [0.25, 0.3) is 0 Å². The third-order valence-electron chi connectivity index (χ3n) is 5.41. The molecule has 0 saturated carbocycles. The van der Waals surface area contributed by atoms with E-state index < -0.39 is 0 Å². The number of hydrogen-bond acceptors (Lipinski definition) is 3. The highest BCUT2D eigenvalue weighted by Crippen LogP contribution is 2.27. The van der Waals surface area contributed by atoms with Gasteiger partial charge in [-0.15, -0.1) is 0 Å². The van der Waals surface area contributed by atoms with Gasteiger partial charge in [0.2, 0.25) is 5.91 Å². The Balaban J connectivity index is 1.50. The van der Waals surface area contributed by atoms with E-state index in [1.807, 2.05) is 0 Å². The van der Waals surface area contributed by atoms with Crippen molar-refractivity contribution in [3.05, 3.63) is 53.6 Å². The number of amides is 2. The molecule has 0 spiro atoms. The molecule has 4 N–H and O–H groups in total. The molecule has 0 aromatic heterocycles. The summed E-state index contributed by atoms with van der Waals surface area (Å²) in [6.45, 7) is 9.08. The average molecular weight is 413 g/mol. The number of ether oxygens (including phenoxy) is 1. The standard InChI is InChI=1S/C23H30N4O3/c1-17-5-4-6-19(13-17)15-26-9-11-27(12-10-26)16-23(29)25-21-14-20(24-18(2)28)7-8-22(21)30-3/h4-8,13-14H,9-12,15-16H2,1-3H3,(H,24,28)(H,25,29)/p+2. The lowest BCUT2D eigenvalue weighted by molar-refractivity contribution is -1.02. The number of methoxy groups -OCH3 is 1. The Bertz CT molecular complexity index is 892. The van der Waals surface area contributed by atoms with Crippen LogP contribution in [0.15, 0.2) is 42.5 Å². The fraction of sp³-hybridized carbons (Fsp3) is 0.391. The highest BCUT2D eigenvalue weighted by atomic mass is 16.5. The zero-order chi connectivity index (χ0) is 21.5. The summed E-state index contributed by atoms with van der Waals surface area (Å²) >= 11 is 0. The molecule has 2 aromatic carbocycles. The van der Waals surface area contributed by atoms with Gasteiger partial charge in [0.25, 0.3) is 5.91 Å². The molecule has 2 aromatic rings. The van der Waals surface area contributed by atoms with Gasteiger partial charge >= 0.3 is 0 Å². The van der Waals surface area contributed by atoms with Crippen molar-refractivity contribution in [1.29, 1.82) is 0 Å². The second-order valence-corrected chi connectivity index (χ2v) is 7.99. The maximum Gasteiger partial charge on any atom is 0.279 e. The third-order valence-corrected chi connectivity index (χ3v) is 5.41. The van der Waals surface area contributed by atoms with Crippen molar-refractivity contribution >= 4 is 23.2 Å². The Morgan fingerprint density at radius 3 is 2.40 bits per heavy atom. The van der Waals surface area contributed by atoms with Crippen LogP contribution in [0.2, 0.25) is 0 Å². The van der Waals surface area contributed by atoms with Crippen LogP contribution < -0.4 is 25.2 Å². The average Bonchev–Trinajstić information content (AvgIpc) is 2.69. The molecule has 1 aliphatic rings. The van der Waals surface area contributed by atoms with Crippen molar-refractivity contribution in [2.24, 2.45) is 0 Å². The smallest absolute Gasteiger partial charge is 0.279 e. The van der Waals surface area contributed by atoms with E-state index in [1.165, 1.54) is 23.0 Å². The van der Waals surface area contributed by atoms with E-state index in [-0.39, 0.29) is 11.8 Å². The molecule has 0 radical (unpaired) electrons. The Morgan fingerprint density at radius 1 is 1.00 bits per heavy atom. The molecule has 0 aliphatic carbocycles. The molecule has 7 nitrogen and oxygen atoms in total. The van der Waals surface area contributed by atoms with Gasteiger partial charge in [-0.3, -0.25) is 9.59 Å². The number of piperazine rings is 1. The summed E-state index contributed by atoms with van der Waals surface area (Å²) in [6, 6.07) is 13.9. The van der Waals surface area contributed by atoms with Crippen molar-refractivity contribution in [1.82, 2.24) is 0 Å². The predicted octanol–water partition coefficient (Wildman–Crippen LogP) is -0.116. The van der Waals surface area contributed by atoms with Gasteiger partial charge in [-0.2, -0.15) is 0 Å². The summed E-state index contributed by atoms with van der Waals surface area (Å²) in [5.74, 6) is 0.359. The Labute approximate surface area is 178 Å². The van der Waals surface area contributed by atoms with Gasteiger partial charge in [0.05, 0.1) is 12.8 Å². The molecule has 30 heavy (non-hydrogen) atoms. The lowest BCUT2D eigenvalue weighted by Gasteiger charge is -2.29. The van der Waals surface area contributed by atoms with Crippen LogP contribution in [0.3, 0.4) is 0 Å². The zero-order valence-corrected chi connectivity index (χ0v) is 18.0. The fourth-order valence-electron chi connectivity index (χ4n) is 3.93. The molecular formula is C23H32N4O3+2. The van der Waals surface area contributed by atoms with Crippen LogP contribution in [0.4, 0.5) is 11.4 Å². The minimum Gasteiger partial charge on any atom is -0.495 e. The zero-order valence-electron chi connectivity index (χ0n) is 18.0. The van der Waals surface area contributed by atoms with Crippen molar-refractivity contribution in [2.75, 3.05) is 50.5 Å². The first-order valence-electron chi connectivity index (χ1n) is 10.4. The summed E-state index contributed by atoms with van der Waals surface area (Å²) in [4.78, 5) is 26.8. The van der Waals surface area contributed by atoms with Crippen LogP contribution >= 0.6 is 0 Å². The van der Waals surface area contributed by atoms with E-state index in [1.54, 1.807) is 30.2 Å². The summed E-state index contributed by atoms with van der Waals surface area (Å²) in [5, 5.41) is 5.66. The molecule has 1 fully saturated rings. The van der Waals surface area contributed by atoms with Gasteiger partial charge in [0, 0.05) is 18.2 Å². The molecule has 1 heterocycles. The van der Waals surface area contributed by atoms with E-state index in [0.29, 0.717) is 23.7 Å². The van der Waals surface area contributed by atoms with Gasteiger partial charge in [0.15, 0.2) is 6.54 Å². The molecule has 1 saturated heterocycles. The van der Waals surface area contributed by atoms with E-state index in [4.69, 9.17) is 4.74 Å². The number of anilines is 2. The molecule has 1 aliphatic heterocycles. The van der Waals surface area contributed by atoms with Crippen molar-refractivity contribution in [2.45, 2.75) is 20.4 Å². The number of nitrogens with one attached hydrogen (secondary N) is 4. The minimum atomic E-state index is -0.159. The second-order valence-electron chi connectivity index (χ2n) is 7.99. The highest BCUT2D eigenvalue weighted by molar-refractivity contribution is 5.95. The van der Waals surface area contributed by atoms with Gasteiger partial charge in [-0.05, 0) is 25.1 Å². The number of hydrogen-bond donors (Lipinski definition) is 4. The predicted molar refractivity (Wildman–Crippen MR) is 117 cm³/mol. The van der Waals surface area contributed by atoms with Crippen molar-refractivity contribution in [3.8, 4) is 5.75 Å². The molecular weight excluding hydrogens is 380 g/mol. The molecule has 3 rings (SSSR count). The fourth-order valence-corrected chi connectivity index (χ4v) is 3.93. The van der Waals surface area contributed by atoms with Gasteiger partial charge in [-0.1, -0.05) is 29.8 Å². The normalized spacial score (nSPS) is 18.5. The molecule has 0 bridgehead atoms. The maximum atomic E-state index is 12.6. The SMILES string of the molecule is COc1ccc(NC(C)=O)cc1NC(=O)C[NH+]1CC[NH+](Cc2cccc(C)c2)CC1. The lowest BCUT2D eigenvalue weighted by atomic mass is 10.1. The maximum absolute atomic E-state index is 12.6. The summed E-state index contributed by atoms with van der Waals surface area (Å²) in [6.07, 6.45) is 0. The summed E-state index contributed by atoms with van der Waals surface area (Å²) in [7, 11) is 1.56.